The summed E-state index contributed by atoms with van der Waals surface area (Å²) < 4.78 is 4.87. The van der Waals surface area contributed by atoms with E-state index in [1.54, 1.807) is 6.92 Å². The predicted molar refractivity (Wildman–Crippen MR) is 106 cm³/mol. The van der Waals surface area contributed by atoms with Gasteiger partial charge in [0.05, 0.1) is 12.4 Å². The van der Waals surface area contributed by atoms with E-state index in [1.807, 2.05) is 42.5 Å². The molecule has 7 nitrogen and oxygen atoms in total. The monoisotopic (exact) mass is 382 g/mol. The molecule has 8 heteroatoms. The number of hydrogen-bond donors (Lipinski definition) is 2. The van der Waals surface area contributed by atoms with Crippen molar-refractivity contribution in [2.24, 2.45) is 0 Å². The fraction of sp³-hybridized carbons (Fsp3) is 0.158. The number of nitrogens with two attached hydrogens (primary N) is 1. The summed E-state index contributed by atoms with van der Waals surface area (Å²) in [6.45, 7) is 1.94. The minimum atomic E-state index is -0.569. The number of aromatic nitrogens is 2. The van der Waals surface area contributed by atoms with Crippen molar-refractivity contribution in [1.82, 2.24) is 9.97 Å². The van der Waals surface area contributed by atoms with E-state index >= 15 is 0 Å². The van der Waals surface area contributed by atoms with Crippen molar-refractivity contribution in [3.05, 3.63) is 54.2 Å². The standard InChI is InChI=1S/C19H18N4O3S/c1-2-26-18(25)15-10-21-19(23-17(15)20)27-11-16(24)22-14-8-7-12-5-3-4-6-13(12)9-14/h3-10H,2,11H2,1H3,(H,22,24)(H2,20,21,23). The number of fused-ring (bicyclic) bond motifs is 1. The molecule has 0 saturated carbocycles. The van der Waals surface area contributed by atoms with Gasteiger partial charge in [-0.3, -0.25) is 4.79 Å². The Bertz CT molecular complexity index is 994. The van der Waals surface area contributed by atoms with E-state index in [1.165, 1.54) is 6.20 Å². The Balaban J connectivity index is 1.59. The van der Waals surface area contributed by atoms with Crippen LogP contribution < -0.4 is 11.1 Å². The van der Waals surface area contributed by atoms with Crippen LogP contribution in [0.4, 0.5) is 11.5 Å². The average molecular weight is 382 g/mol. The molecule has 0 aliphatic rings. The maximum absolute atomic E-state index is 12.2. The number of ether oxygens (including phenoxy) is 1. The Morgan fingerprint density at radius 2 is 1.96 bits per heavy atom. The number of carbonyl (C=O) groups excluding carboxylic acids is 2. The topological polar surface area (TPSA) is 107 Å². The van der Waals surface area contributed by atoms with Crippen LogP contribution in [0.1, 0.15) is 17.3 Å². The van der Waals surface area contributed by atoms with Gasteiger partial charge in [-0.15, -0.1) is 0 Å². The summed E-state index contributed by atoms with van der Waals surface area (Å²) in [7, 11) is 0. The first-order valence-electron chi connectivity index (χ1n) is 8.28. The molecule has 0 atom stereocenters. The van der Waals surface area contributed by atoms with Gasteiger partial charge in [0.1, 0.15) is 11.4 Å². The molecule has 0 aliphatic carbocycles. The van der Waals surface area contributed by atoms with Crippen molar-refractivity contribution in [1.29, 1.82) is 0 Å². The van der Waals surface area contributed by atoms with Gasteiger partial charge < -0.3 is 15.8 Å². The van der Waals surface area contributed by atoms with Gasteiger partial charge in [0.2, 0.25) is 5.91 Å². The second-order valence-electron chi connectivity index (χ2n) is 5.57. The van der Waals surface area contributed by atoms with E-state index in [-0.39, 0.29) is 29.6 Å². The second kappa shape index (κ2) is 8.50. The Morgan fingerprint density at radius 1 is 1.19 bits per heavy atom. The van der Waals surface area contributed by atoms with Crippen LogP contribution in [0.25, 0.3) is 10.8 Å². The number of nitrogens with one attached hydrogen (secondary N) is 1. The van der Waals surface area contributed by atoms with Crippen LogP contribution in [0.2, 0.25) is 0 Å². The van der Waals surface area contributed by atoms with Crippen LogP contribution in [0, 0.1) is 0 Å². The van der Waals surface area contributed by atoms with Crippen LogP contribution >= 0.6 is 11.8 Å². The molecule has 2 aromatic carbocycles. The smallest absolute Gasteiger partial charge is 0.343 e. The molecule has 0 spiro atoms. The predicted octanol–water partition coefficient (Wildman–Crippen LogP) is 3.12. The van der Waals surface area contributed by atoms with Crippen molar-refractivity contribution < 1.29 is 14.3 Å². The third kappa shape index (κ3) is 4.73. The summed E-state index contributed by atoms with van der Waals surface area (Å²) >= 11 is 1.13. The highest BCUT2D eigenvalue weighted by Crippen LogP contribution is 2.20. The number of esters is 1. The van der Waals surface area contributed by atoms with Crippen LogP contribution in [-0.2, 0) is 9.53 Å². The van der Waals surface area contributed by atoms with Crippen LogP contribution in [0.15, 0.2) is 53.8 Å². The van der Waals surface area contributed by atoms with E-state index in [2.05, 4.69) is 15.3 Å². The first-order chi connectivity index (χ1) is 13.1. The van der Waals surface area contributed by atoms with Crippen molar-refractivity contribution in [3.8, 4) is 0 Å². The molecule has 138 valence electrons. The zero-order chi connectivity index (χ0) is 19.2. The summed E-state index contributed by atoms with van der Waals surface area (Å²) in [6, 6.07) is 13.6. The van der Waals surface area contributed by atoms with Gasteiger partial charge in [-0.25, -0.2) is 14.8 Å². The highest BCUT2D eigenvalue weighted by atomic mass is 32.2. The van der Waals surface area contributed by atoms with Crippen LogP contribution in [0.3, 0.4) is 0 Å². The average Bonchev–Trinajstić information content (AvgIpc) is 2.66. The maximum Gasteiger partial charge on any atom is 0.343 e. The minimum absolute atomic E-state index is 0.0286. The Morgan fingerprint density at radius 3 is 2.70 bits per heavy atom. The molecule has 27 heavy (non-hydrogen) atoms. The van der Waals surface area contributed by atoms with Gasteiger partial charge in [0, 0.05) is 11.9 Å². The lowest BCUT2D eigenvalue weighted by Gasteiger charge is -2.07. The summed E-state index contributed by atoms with van der Waals surface area (Å²) in [5.41, 5.74) is 6.60. The second-order valence-corrected chi connectivity index (χ2v) is 6.51. The fourth-order valence-corrected chi connectivity index (χ4v) is 3.03. The molecule has 0 aliphatic heterocycles. The molecule has 3 N–H and O–H groups in total. The zero-order valence-corrected chi connectivity index (χ0v) is 15.5. The Labute approximate surface area is 160 Å². The number of nitrogen functional groups attached to an aromatic ring is 1. The fourth-order valence-electron chi connectivity index (χ4n) is 2.41. The maximum atomic E-state index is 12.2. The summed E-state index contributed by atoms with van der Waals surface area (Å²) in [6.07, 6.45) is 1.31. The van der Waals surface area contributed by atoms with Crippen molar-refractivity contribution in [2.75, 3.05) is 23.4 Å². The van der Waals surface area contributed by atoms with E-state index in [0.717, 1.165) is 28.2 Å². The molecular weight excluding hydrogens is 364 g/mol. The number of carbonyl (C=O) groups is 2. The first-order valence-corrected chi connectivity index (χ1v) is 9.26. The van der Waals surface area contributed by atoms with Crippen molar-refractivity contribution in [2.45, 2.75) is 12.1 Å². The molecule has 3 rings (SSSR count). The van der Waals surface area contributed by atoms with Gasteiger partial charge in [0.25, 0.3) is 0 Å². The normalized spacial score (nSPS) is 10.6. The lowest BCUT2D eigenvalue weighted by molar-refractivity contribution is -0.113. The lowest BCUT2D eigenvalue weighted by atomic mass is 10.1. The third-order valence-electron chi connectivity index (χ3n) is 3.66. The number of amides is 1. The molecular formula is C19H18N4O3S. The number of nitrogens with zero attached hydrogens (tertiary/aromatic N) is 2. The summed E-state index contributed by atoms with van der Waals surface area (Å²) in [5, 5.41) is 5.32. The summed E-state index contributed by atoms with van der Waals surface area (Å²) in [5.74, 6) is -0.612. The third-order valence-corrected chi connectivity index (χ3v) is 4.52. The van der Waals surface area contributed by atoms with Crippen molar-refractivity contribution >= 4 is 45.9 Å². The molecule has 0 bridgehead atoms. The number of hydrogen-bond acceptors (Lipinski definition) is 7. The minimum Gasteiger partial charge on any atom is -0.462 e. The molecule has 0 radical (unpaired) electrons. The molecule has 0 fully saturated rings. The summed E-state index contributed by atoms with van der Waals surface area (Å²) in [4.78, 5) is 32.0. The molecule has 1 aromatic heterocycles. The van der Waals surface area contributed by atoms with Crippen LogP contribution in [-0.4, -0.2) is 34.2 Å². The Kier molecular flexibility index (Phi) is 5.87. The molecule has 1 amide bonds. The van der Waals surface area contributed by atoms with E-state index in [4.69, 9.17) is 10.5 Å². The largest absolute Gasteiger partial charge is 0.462 e. The molecule has 1 heterocycles. The Hall–Kier alpha value is -3.13. The van der Waals surface area contributed by atoms with Crippen LogP contribution in [0.5, 0.6) is 0 Å². The zero-order valence-electron chi connectivity index (χ0n) is 14.6. The van der Waals surface area contributed by atoms with E-state index in [0.29, 0.717) is 5.16 Å². The highest BCUT2D eigenvalue weighted by molar-refractivity contribution is 7.99. The van der Waals surface area contributed by atoms with Gasteiger partial charge in [-0.2, -0.15) is 0 Å². The lowest BCUT2D eigenvalue weighted by Crippen LogP contribution is -2.15. The SMILES string of the molecule is CCOC(=O)c1cnc(SCC(=O)Nc2ccc3ccccc3c2)nc1N. The number of thioether (sulfide) groups is 1. The first kappa shape index (κ1) is 18.7. The van der Waals surface area contributed by atoms with Gasteiger partial charge in [-0.05, 0) is 29.8 Å². The molecule has 0 saturated heterocycles. The number of benzene rings is 2. The van der Waals surface area contributed by atoms with Gasteiger partial charge in [-0.1, -0.05) is 42.1 Å². The van der Waals surface area contributed by atoms with Gasteiger partial charge >= 0.3 is 5.97 Å². The molecule has 3 aromatic rings. The van der Waals surface area contributed by atoms with E-state index in [9.17, 15) is 9.59 Å². The number of rotatable bonds is 6. The van der Waals surface area contributed by atoms with Gasteiger partial charge in [0.15, 0.2) is 5.16 Å². The van der Waals surface area contributed by atoms with Crippen molar-refractivity contribution in [3.63, 3.8) is 0 Å². The highest BCUT2D eigenvalue weighted by Gasteiger charge is 2.14. The number of anilines is 2. The quantitative estimate of drug-likeness (QED) is 0.383. The molecule has 0 unspecified atom stereocenters. The van der Waals surface area contributed by atoms with E-state index < -0.39 is 5.97 Å².